The van der Waals surface area contributed by atoms with Crippen LogP contribution in [0.2, 0.25) is 0 Å². The zero-order valence-electron chi connectivity index (χ0n) is 8.68. The number of nitrogens with zero attached hydrogens (tertiary/aromatic N) is 1. The topological polar surface area (TPSA) is 42.0 Å². The van der Waals surface area contributed by atoms with E-state index in [2.05, 4.69) is 10.3 Å². The molecule has 1 aromatic heterocycles. The van der Waals surface area contributed by atoms with Crippen LogP contribution >= 0.6 is 0 Å². The lowest BCUT2D eigenvalue weighted by Gasteiger charge is -2.00. The Hall–Kier alpha value is -1.90. The predicted octanol–water partition coefficient (Wildman–Crippen LogP) is 1.83. The monoisotopic (exact) mass is 202 g/mol. The SMILES string of the molecule is CC=CC=CC(=O)NCc1cccnc1. The van der Waals surface area contributed by atoms with Crippen molar-refractivity contribution in [3.05, 3.63) is 54.4 Å². The number of rotatable bonds is 4. The van der Waals surface area contributed by atoms with Gasteiger partial charge in [0.15, 0.2) is 0 Å². The standard InChI is InChI=1S/C12H14N2O/c1-2-3-4-7-12(15)14-10-11-6-5-8-13-9-11/h2-9H,10H2,1H3,(H,14,15). The van der Waals surface area contributed by atoms with Gasteiger partial charge in [-0.2, -0.15) is 0 Å². The first-order valence-electron chi connectivity index (χ1n) is 4.79. The quantitative estimate of drug-likeness (QED) is 0.598. The highest BCUT2D eigenvalue weighted by molar-refractivity contribution is 5.87. The normalized spacial score (nSPS) is 11.0. The van der Waals surface area contributed by atoms with Gasteiger partial charge in [0.25, 0.3) is 0 Å². The van der Waals surface area contributed by atoms with Crippen molar-refractivity contribution in [1.82, 2.24) is 10.3 Å². The summed E-state index contributed by atoms with van der Waals surface area (Å²) in [5.41, 5.74) is 0.991. The Bertz CT molecular complexity index is 355. The predicted molar refractivity (Wildman–Crippen MR) is 60.0 cm³/mol. The molecule has 1 aromatic rings. The fraction of sp³-hybridized carbons (Fsp3) is 0.167. The minimum absolute atomic E-state index is 0.100. The average molecular weight is 202 g/mol. The van der Waals surface area contributed by atoms with Crippen LogP contribution in [-0.4, -0.2) is 10.9 Å². The molecule has 0 bridgehead atoms. The molecule has 0 atom stereocenters. The highest BCUT2D eigenvalue weighted by Crippen LogP contribution is 1.94. The first-order chi connectivity index (χ1) is 7.33. The van der Waals surface area contributed by atoms with Gasteiger partial charge in [0.1, 0.15) is 0 Å². The molecule has 0 aliphatic carbocycles. The number of aromatic nitrogens is 1. The summed E-state index contributed by atoms with van der Waals surface area (Å²) >= 11 is 0. The van der Waals surface area contributed by atoms with Crippen LogP contribution in [0.1, 0.15) is 12.5 Å². The summed E-state index contributed by atoms with van der Waals surface area (Å²) in [7, 11) is 0. The van der Waals surface area contributed by atoms with Crippen molar-refractivity contribution in [1.29, 1.82) is 0 Å². The van der Waals surface area contributed by atoms with Crippen LogP contribution in [-0.2, 0) is 11.3 Å². The molecule has 78 valence electrons. The molecular weight excluding hydrogens is 188 g/mol. The second-order valence-corrected chi connectivity index (χ2v) is 2.96. The molecule has 3 heteroatoms. The third-order valence-corrected chi connectivity index (χ3v) is 1.74. The molecule has 1 rings (SSSR count). The van der Waals surface area contributed by atoms with E-state index in [9.17, 15) is 4.79 Å². The van der Waals surface area contributed by atoms with Crippen LogP contribution in [0.15, 0.2) is 48.8 Å². The molecule has 0 radical (unpaired) electrons. The lowest BCUT2D eigenvalue weighted by Crippen LogP contribution is -2.20. The van der Waals surface area contributed by atoms with Gasteiger partial charge in [-0.25, -0.2) is 0 Å². The van der Waals surface area contributed by atoms with Gasteiger partial charge in [0.05, 0.1) is 0 Å². The number of carbonyl (C=O) groups excluding carboxylic acids is 1. The summed E-state index contributed by atoms with van der Waals surface area (Å²) in [6, 6.07) is 3.76. The van der Waals surface area contributed by atoms with Crippen molar-refractivity contribution in [3.63, 3.8) is 0 Å². The van der Waals surface area contributed by atoms with Crippen LogP contribution in [0, 0.1) is 0 Å². The lowest BCUT2D eigenvalue weighted by atomic mass is 10.3. The number of hydrogen-bond acceptors (Lipinski definition) is 2. The Morgan fingerprint density at radius 3 is 3.07 bits per heavy atom. The lowest BCUT2D eigenvalue weighted by molar-refractivity contribution is -0.116. The molecule has 0 saturated heterocycles. The van der Waals surface area contributed by atoms with Gasteiger partial charge < -0.3 is 5.32 Å². The molecule has 1 N–H and O–H groups in total. The third-order valence-electron chi connectivity index (χ3n) is 1.74. The summed E-state index contributed by atoms with van der Waals surface area (Å²) in [5, 5.41) is 2.76. The number of hydrogen-bond donors (Lipinski definition) is 1. The van der Waals surface area contributed by atoms with Gasteiger partial charge >= 0.3 is 0 Å². The molecule has 1 amide bonds. The minimum atomic E-state index is -0.100. The highest BCUT2D eigenvalue weighted by Gasteiger charge is 1.94. The number of allylic oxidation sites excluding steroid dienone is 3. The first-order valence-corrected chi connectivity index (χ1v) is 4.79. The van der Waals surface area contributed by atoms with Crippen LogP contribution in [0.4, 0.5) is 0 Å². The fourth-order valence-electron chi connectivity index (χ4n) is 1.00. The smallest absolute Gasteiger partial charge is 0.244 e. The number of carbonyl (C=O) groups is 1. The van der Waals surface area contributed by atoms with E-state index >= 15 is 0 Å². The Morgan fingerprint density at radius 1 is 1.53 bits per heavy atom. The van der Waals surface area contributed by atoms with Crippen molar-refractivity contribution in [2.45, 2.75) is 13.5 Å². The van der Waals surface area contributed by atoms with E-state index in [1.165, 1.54) is 6.08 Å². The van der Waals surface area contributed by atoms with E-state index in [0.717, 1.165) is 5.56 Å². The van der Waals surface area contributed by atoms with Gasteiger partial charge in [-0.05, 0) is 18.6 Å². The van der Waals surface area contributed by atoms with Crippen molar-refractivity contribution in [2.75, 3.05) is 0 Å². The maximum Gasteiger partial charge on any atom is 0.244 e. The second-order valence-electron chi connectivity index (χ2n) is 2.96. The van der Waals surface area contributed by atoms with Crippen molar-refractivity contribution in [3.8, 4) is 0 Å². The Kier molecular flexibility index (Phi) is 4.87. The molecule has 1 heterocycles. The van der Waals surface area contributed by atoms with E-state index < -0.39 is 0 Å². The van der Waals surface area contributed by atoms with Crippen LogP contribution in [0.25, 0.3) is 0 Å². The Balaban J connectivity index is 2.35. The van der Waals surface area contributed by atoms with Crippen LogP contribution in [0.5, 0.6) is 0 Å². The summed E-state index contributed by atoms with van der Waals surface area (Å²) in [4.78, 5) is 15.2. The molecule has 15 heavy (non-hydrogen) atoms. The van der Waals surface area contributed by atoms with Crippen LogP contribution < -0.4 is 5.32 Å². The molecule has 0 aromatic carbocycles. The van der Waals surface area contributed by atoms with E-state index in [4.69, 9.17) is 0 Å². The molecule has 0 aliphatic heterocycles. The Labute approximate surface area is 89.5 Å². The number of pyridine rings is 1. The molecule has 0 saturated carbocycles. The number of nitrogens with one attached hydrogen (secondary N) is 1. The second kappa shape index (κ2) is 6.54. The maximum absolute atomic E-state index is 11.2. The van der Waals surface area contributed by atoms with E-state index in [0.29, 0.717) is 6.54 Å². The molecular formula is C12H14N2O. The number of amides is 1. The highest BCUT2D eigenvalue weighted by atomic mass is 16.1. The van der Waals surface area contributed by atoms with E-state index in [1.54, 1.807) is 18.5 Å². The van der Waals surface area contributed by atoms with Crippen molar-refractivity contribution in [2.24, 2.45) is 0 Å². The molecule has 0 spiro atoms. The van der Waals surface area contributed by atoms with E-state index in [-0.39, 0.29) is 5.91 Å². The zero-order chi connectivity index (χ0) is 10.9. The van der Waals surface area contributed by atoms with Gasteiger partial charge in [-0.15, -0.1) is 0 Å². The maximum atomic E-state index is 11.2. The molecule has 0 aliphatic rings. The summed E-state index contributed by atoms with van der Waals surface area (Å²) in [6.45, 7) is 2.41. The van der Waals surface area contributed by atoms with Crippen molar-refractivity contribution < 1.29 is 4.79 Å². The molecule has 3 nitrogen and oxygen atoms in total. The largest absolute Gasteiger partial charge is 0.348 e. The van der Waals surface area contributed by atoms with Gasteiger partial charge in [-0.3, -0.25) is 9.78 Å². The van der Waals surface area contributed by atoms with Gasteiger partial charge in [-0.1, -0.05) is 24.3 Å². The molecule has 0 unspecified atom stereocenters. The first kappa shape index (κ1) is 11.2. The van der Waals surface area contributed by atoms with Gasteiger partial charge in [0, 0.05) is 25.0 Å². The average Bonchev–Trinajstić information content (AvgIpc) is 2.28. The minimum Gasteiger partial charge on any atom is -0.348 e. The summed E-state index contributed by atoms with van der Waals surface area (Å²) in [5.74, 6) is -0.100. The van der Waals surface area contributed by atoms with E-state index in [1.807, 2.05) is 31.2 Å². The Morgan fingerprint density at radius 2 is 2.40 bits per heavy atom. The summed E-state index contributed by atoms with van der Waals surface area (Å²) in [6.07, 6.45) is 10.3. The van der Waals surface area contributed by atoms with Crippen molar-refractivity contribution >= 4 is 5.91 Å². The summed E-state index contributed by atoms with van der Waals surface area (Å²) < 4.78 is 0. The molecule has 0 fully saturated rings. The van der Waals surface area contributed by atoms with Crippen LogP contribution in [0.3, 0.4) is 0 Å². The zero-order valence-corrected chi connectivity index (χ0v) is 8.68. The third kappa shape index (κ3) is 4.76. The fourth-order valence-corrected chi connectivity index (χ4v) is 1.00. The van der Waals surface area contributed by atoms with Gasteiger partial charge in [0.2, 0.25) is 5.91 Å².